The third-order valence-corrected chi connectivity index (χ3v) is 1.58. The van der Waals surface area contributed by atoms with E-state index in [4.69, 9.17) is 5.73 Å². The molecule has 6 nitrogen and oxygen atoms in total. The molecule has 1 rings (SSSR count). The first-order valence-electron chi connectivity index (χ1n) is 4.89. The Balaban J connectivity index is 2.49. The van der Waals surface area contributed by atoms with E-state index >= 15 is 0 Å². The van der Waals surface area contributed by atoms with Crippen molar-refractivity contribution in [3.63, 3.8) is 0 Å². The lowest BCUT2D eigenvalue weighted by atomic mass is 10.4. The molecule has 4 N–H and O–H groups in total. The molecule has 1 aromatic heterocycles. The highest BCUT2D eigenvalue weighted by atomic mass is 16.2. The fourth-order valence-electron chi connectivity index (χ4n) is 1.02. The van der Waals surface area contributed by atoms with Crippen LogP contribution in [0, 0.1) is 0 Å². The van der Waals surface area contributed by atoms with E-state index in [0.717, 1.165) is 0 Å². The van der Waals surface area contributed by atoms with Crippen LogP contribution in [0.15, 0.2) is 29.5 Å². The SMILES string of the molecule is CC(C)N=C(N)NC(=O)Nc1ccncc1. The van der Waals surface area contributed by atoms with Crippen LogP contribution >= 0.6 is 0 Å². The number of aliphatic imine (C=N–C) groups is 1. The van der Waals surface area contributed by atoms with E-state index in [1.54, 1.807) is 24.5 Å². The van der Waals surface area contributed by atoms with Gasteiger partial charge >= 0.3 is 6.03 Å². The molecule has 1 heterocycles. The van der Waals surface area contributed by atoms with E-state index in [0.29, 0.717) is 5.69 Å². The predicted molar refractivity (Wildman–Crippen MR) is 63.1 cm³/mol. The highest BCUT2D eigenvalue weighted by molar-refractivity contribution is 6.01. The van der Waals surface area contributed by atoms with Crippen molar-refractivity contribution in [3.8, 4) is 0 Å². The Labute approximate surface area is 94.0 Å². The van der Waals surface area contributed by atoms with E-state index in [2.05, 4.69) is 20.6 Å². The average Bonchev–Trinajstić information content (AvgIpc) is 2.17. The van der Waals surface area contributed by atoms with Crippen molar-refractivity contribution in [3.05, 3.63) is 24.5 Å². The summed E-state index contributed by atoms with van der Waals surface area (Å²) in [5.74, 6) is 0.0987. The monoisotopic (exact) mass is 221 g/mol. The van der Waals surface area contributed by atoms with Crippen LogP contribution in [0.5, 0.6) is 0 Å². The Kier molecular flexibility index (Phi) is 4.26. The number of anilines is 1. The van der Waals surface area contributed by atoms with Gasteiger partial charge in [0.25, 0.3) is 0 Å². The molecule has 86 valence electrons. The molecule has 0 spiro atoms. The molecule has 0 aliphatic rings. The first-order valence-corrected chi connectivity index (χ1v) is 4.89. The van der Waals surface area contributed by atoms with E-state index in [1.807, 2.05) is 13.8 Å². The summed E-state index contributed by atoms with van der Waals surface area (Å²) < 4.78 is 0. The molecule has 0 saturated heterocycles. The normalized spacial score (nSPS) is 11.3. The summed E-state index contributed by atoms with van der Waals surface area (Å²) in [7, 11) is 0. The summed E-state index contributed by atoms with van der Waals surface area (Å²) in [6.07, 6.45) is 3.17. The molecule has 6 heteroatoms. The maximum atomic E-state index is 11.4. The molecule has 0 bridgehead atoms. The number of pyridine rings is 1. The van der Waals surface area contributed by atoms with Crippen molar-refractivity contribution in [2.45, 2.75) is 19.9 Å². The highest BCUT2D eigenvalue weighted by Gasteiger charge is 2.03. The molecule has 1 aromatic rings. The molecule has 0 saturated carbocycles. The third kappa shape index (κ3) is 4.41. The van der Waals surface area contributed by atoms with Crippen molar-refractivity contribution in [1.29, 1.82) is 0 Å². The zero-order valence-corrected chi connectivity index (χ0v) is 9.27. The minimum absolute atomic E-state index is 0.0428. The Hall–Kier alpha value is -2.11. The van der Waals surface area contributed by atoms with Gasteiger partial charge in [-0.1, -0.05) is 0 Å². The highest BCUT2D eigenvalue weighted by Crippen LogP contribution is 2.01. The molecule has 16 heavy (non-hydrogen) atoms. The van der Waals surface area contributed by atoms with E-state index in [1.165, 1.54) is 0 Å². The van der Waals surface area contributed by atoms with Gasteiger partial charge in [-0.15, -0.1) is 0 Å². The van der Waals surface area contributed by atoms with Gasteiger partial charge in [-0.25, -0.2) is 4.79 Å². The van der Waals surface area contributed by atoms with Gasteiger partial charge in [-0.2, -0.15) is 0 Å². The number of aromatic nitrogens is 1. The zero-order valence-electron chi connectivity index (χ0n) is 9.27. The number of rotatable bonds is 2. The number of nitrogens with one attached hydrogen (secondary N) is 2. The minimum atomic E-state index is -0.423. The largest absolute Gasteiger partial charge is 0.370 e. The number of nitrogens with zero attached hydrogens (tertiary/aromatic N) is 2. The van der Waals surface area contributed by atoms with E-state index < -0.39 is 6.03 Å². The Bertz CT molecular complexity index is 374. The Morgan fingerprint density at radius 1 is 1.44 bits per heavy atom. The van der Waals surface area contributed by atoms with E-state index in [-0.39, 0.29) is 12.0 Å². The summed E-state index contributed by atoms with van der Waals surface area (Å²) in [5, 5.41) is 5.01. The topological polar surface area (TPSA) is 92.4 Å². The van der Waals surface area contributed by atoms with Crippen LogP contribution in [0.25, 0.3) is 0 Å². The summed E-state index contributed by atoms with van der Waals surface area (Å²) in [4.78, 5) is 19.2. The van der Waals surface area contributed by atoms with Gasteiger partial charge in [0.05, 0.1) is 0 Å². The van der Waals surface area contributed by atoms with Gasteiger partial charge in [0.2, 0.25) is 0 Å². The first-order chi connectivity index (χ1) is 7.58. The summed E-state index contributed by atoms with van der Waals surface area (Å²) in [5.41, 5.74) is 6.14. The molecule has 0 aromatic carbocycles. The van der Waals surface area contributed by atoms with E-state index in [9.17, 15) is 4.79 Å². The summed E-state index contributed by atoms with van der Waals surface area (Å²) in [6.45, 7) is 3.74. The van der Waals surface area contributed by atoms with Gasteiger partial charge in [-0.3, -0.25) is 15.3 Å². The summed E-state index contributed by atoms with van der Waals surface area (Å²) in [6, 6.07) is 2.97. The quantitative estimate of drug-likeness (QED) is 0.512. The van der Waals surface area contributed by atoms with Gasteiger partial charge in [0.1, 0.15) is 0 Å². The smallest absolute Gasteiger partial charge is 0.325 e. The first kappa shape index (κ1) is 12.0. The second-order valence-electron chi connectivity index (χ2n) is 3.42. The van der Waals surface area contributed by atoms with Crippen molar-refractivity contribution < 1.29 is 4.79 Å². The molecule has 0 unspecified atom stereocenters. The fourth-order valence-corrected chi connectivity index (χ4v) is 1.02. The summed E-state index contributed by atoms with van der Waals surface area (Å²) >= 11 is 0. The van der Waals surface area contributed by atoms with Crippen LogP contribution in [0.4, 0.5) is 10.5 Å². The van der Waals surface area contributed by atoms with Crippen LogP contribution in [0.1, 0.15) is 13.8 Å². The maximum absolute atomic E-state index is 11.4. The second kappa shape index (κ2) is 5.69. The van der Waals surface area contributed by atoms with Crippen LogP contribution in [-0.4, -0.2) is 23.0 Å². The van der Waals surface area contributed by atoms with Crippen LogP contribution in [-0.2, 0) is 0 Å². The van der Waals surface area contributed by atoms with Crippen molar-refractivity contribution in [2.24, 2.45) is 10.7 Å². The molecule has 0 aliphatic carbocycles. The number of nitrogens with two attached hydrogens (primary N) is 1. The van der Waals surface area contributed by atoms with Gasteiger partial charge < -0.3 is 11.1 Å². The average molecular weight is 221 g/mol. The standard InChI is InChI=1S/C10H15N5O/c1-7(2)13-9(11)15-10(16)14-8-3-5-12-6-4-8/h3-7H,1-2H3,(H4,11,12,13,14,15,16). The minimum Gasteiger partial charge on any atom is -0.370 e. The molecular weight excluding hydrogens is 206 g/mol. The van der Waals surface area contributed by atoms with Crippen LogP contribution in [0.2, 0.25) is 0 Å². The number of hydrogen-bond donors (Lipinski definition) is 3. The van der Waals surface area contributed by atoms with Crippen molar-refractivity contribution in [2.75, 3.05) is 5.32 Å². The molecule has 0 fully saturated rings. The van der Waals surface area contributed by atoms with Gasteiger partial charge in [0.15, 0.2) is 5.96 Å². The molecule has 0 radical (unpaired) electrons. The number of carbonyl (C=O) groups excluding carboxylic acids is 1. The molecule has 2 amide bonds. The Morgan fingerprint density at radius 3 is 2.62 bits per heavy atom. The Morgan fingerprint density at radius 2 is 2.06 bits per heavy atom. The van der Waals surface area contributed by atoms with Gasteiger partial charge in [-0.05, 0) is 26.0 Å². The number of urea groups is 1. The zero-order chi connectivity index (χ0) is 12.0. The lowest BCUT2D eigenvalue weighted by molar-refractivity contribution is 0.256. The molecule has 0 atom stereocenters. The number of hydrogen-bond acceptors (Lipinski definition) is 3. The van der Waals surface area contributed by atoms with Crippen LogP contribution < -0.4 is 16.4 Å². The maximum Gasteiger partial charge on any atom is 0.325 e. The predicted octanol–water partition coefficient (Wildman–Crippen LogP) is 0.926. The number of carbonyl (C=O) groups is 1. The third-order valence-electron chi connectivity index (χ3n) is 1.58. The van der Waals surface area contributed by atoms with Crippen molar-refractivity contribution in [1.82, 2.24) is 10.3 Å². The van der Waals surface area contributed by atoms with Gasteiger partial charge in [0, 0.05) is 24.1 Å². The van der Waals surface area contributed by atoms with Crippen LogP contribution in [0.3, 0.4) is 0 Å². The number of guanidine groups is 1. The lowest BCUT2D eigenvalue weighted by Gasteiger charge is -2.07. The molecular formula is C10H15N5O. The second-order valence-corrected chi connectivity index (χ2v) is 3.42. The van der Waals surface area contributed by atoms with Crippen molar-refractivity contribution >= 4 is 17.7 Å². The molecule has 0 aliphatic heterocycles. The lowest BCUT2D eigenvalue weighted by Crippen LogP contribution is -2.40. The number of amides is 2. The fraction of sp³-hybridized carbons (Fsp3) is 0.300.